The molecule has 0 bridgehead atoms. The Labute approximate surface area is 327 Å². The normalized spacial score (nSPS) is 22.6. The molecule has 4 N–H and O–H groups in total. The van der Waals surface area contributed by atoms with Crippen LogP contribution in [0.3, 0.4) is 0 Å². The Hall–Kier alpha value is -5.29. The minimum absolute atomic E-state index is 0.0507. The Kier molecular flexibility index (Phi) is 10.9. The van der Waals surface area contributed by atoms with Gasteiger partial charge < -0.3 is 25.1 Å². The molecule has 2 aromatic carbocycles. The summed E-state index contributed by atoms with van der Waals surface area (Å²) < 4.78 is 80.2. The van der Waals surface area contributed by atoms with Gasteiger partial charge in [-0.1, -0.05) is 49.3 Å². The first-order valence-electron chi connectivity index (χ1n) is 18.9. The van der Waals surface area contributed by atoms with Gasteiger partial charge in [-0.2, -0.15) is 18.2 Å². The number of aromatic nitrogens is 2. The largest absolute Gasteiger partial charge is 0.470 e. The standard InChI is InChI=1S/C40H43F3N6O7S/c1-3-5-6-7-8-12-29(44)37(51)49-22-26(20-30(49)35(50)47-39(21-24(39)4-2)38(52)48-57(53,54)27-18-19-27)55-36-33-32(28-11-9-10-13-31(28)56-33)45-34(46-36)23-14-16-25(17-15-23)40(41,42)43/h3-4,9-11,13-17,24,26-27,29-30H,1-2,5-8,12,18-22,44H2,(H,47,50)(H,48,52)/t24-,26-,29+,30+,39-/m1/s1. The van der Waals surface area contributed by atoms with Crippen LogP contribution in [-0.2, 0) is 30.6 Å². The number of hydrogen-bond donors (Lipinski definition) is 3. The number of amides is 3. The lowest BCUT2D eigenvalue weighted by Gasteiger charge is -2.28. The highest BCUT2D eigenvalue weighted by molar-refractivity contribution is 7.91. The van der Waals surface area contributed by atoms with E-state index in [0.717, 1.165) is 31.4 Å². The number of halogens is 3. The van der Waals surface area contributed by atoms with Gasteiger partial charge in [0.05, 0.1) is 23.4 Å². The zero-order valence-electron chi connectivity index (χ0n) is 31.0. The molecule has 2 aromatic heterocycles. The highest BCUT2D eigenvalue weighted by atomic mass is 32.2. The molecule has 3 heterocycles. The molecule has 1 saturated heterocycles. The number of fused-ring (bicyclic) bond motifs is 3. The molecule has 3 fully saturated rings. The molecule has 302 valence electrons. The van der Waals surface area contributed by atoms with E-state index in [4.69, 9.17) is 14.9 Å². The number of rotatable bonds is 16. The van der Waals surface area contributed by atoms with Crippen LogP contribution in [0.4, 0.5) is 13.2 Å². The zero-order chi connectivity index (χ0) is 40.7. The fraction of sp³-hybridized carbons (Fsp3) is 0.425. The van der Waals surface area contributed by atoms with E-state index >= 15 is 0 Å². The number of unbranched alkanes of at least 4 members (excludes halogenated alkanes) is 3. The Balaban J connectivity index is 1.19. The van der Waals surface area contributed by atoms with Crippen molar-refractivity contribution >= 4 is 49.8 Å². The molecule has 3 aliphatic rings. The van der Waals surface area contributed by atoms with E-state index in [1.807, 2.05) is 6.08 Å². The Morgan fingerprint density at radius 2 is 1.81 bits per heavy atom. The number of nitrogens with one attached hydrogen (secondary N) is 2. The van der Waals surface area contributed by atoms with Crippen LogP contribution in [-0.4, -0.2) is 76.5 Å². The Bertz CT molecular complexity index is 2330. The molecule has 5 atom stereocenters. The first kappa shape index (κ1) is 39.9. The molecule has 1 aliphatic heterocycles. The van der Waals surface area contributed by atoms with Crippen molar-refractivity contribution in [3.8, 4) is 17.3 Å². The highest BCUT2D eigenvalue weighted by Crippen LogP contribution is 2.46. The first-order valence-corrected chi connectivity index (χ1v) is 20.4. The smallest absolute Gasteiger partial charge is 0.416 e. The maximum Gasteiger partial charge on any atom is 0.416 e. The van der Waals surface area contributed by atoms with Gasteiger partial charge in [-0.15, -0.1) is 13.2 Å². The molecule has 0 spiro atoms. The van der Waals surface area contributed by atoms with E-state index < -0.39 is 74.4 Å². The van der Waals surface area contributed by atoms with Gasteiger partial charge in [-0.3, -0.25) is 19.1 Å². The molecule has 2 saturated carbocycles. The molecule has 7 rings (SSSR count). The van der Waals surface area contributed by atoms with Gasteiger partial charge in [0.2, 0.25) is 27.4 Å². The molecule has 57 heavy (non-hydrogen) atoms. The quantitative estimate of drug-likeness (QED) is 0.0958. The summed E-state index contributed by atoms with van der Waals surface area (Å²) in [6, 6.07) is 9.21. The summed E-state index contributed by atoms with van der Waals surface area (Å²) in [6.45, 7) is 7.35. The molecule has 13 nitrogen and oxygen atoms in total. The third kappa shape index (κ3) is 8.26. The van der Waals surface area contributed by atoms with Crippen molar-refractivity contribution in [1.29, 1.82) is 0 Å². The fourth-order valence-corrected chi connectivity index (χ4v) is 8.66. The van der Waals surface area contributed by atoms with Crippen LogP contribution in [0.5, 0.6) is 5.88 Å². The number of para-hydroxylation sites is 1. The van der Waals surface area contributed by atoms with Crippen LogP contribution in [0.2, 0.25) is 0 Å². The number of likely N-dealkylation sites (tertiary alicyclic amines) is 1. The van der Waals surface area contributed by atoms with E-state index in [1.165, 1.54) is 23.1 Å². The molecular formula is C40H43F3N6O7S. The number of furan rings is 1. The highest BCUT2D eigenvalue weighted by Gasteiger charge is 2.62. The predicted molar refractivity (Wildman–Crippen MR) is 205 cm³/mol. The summed E-state index contributed by atoms with van der Waals surface area (Å²) in [4.78, 5) is 52.2. The van der Waals surface area contributed by atoms with Crippen molar-refractivity contribution in [2.75, 3.05) is 6.54 Å². The Morgan fingerprint density at radius 3 is 2.47 bits per heavy atom. The van der Waals surface area contributed by atoms with Crippen molar-refractivity contribution in [2.24, 2.45) is 11.7 Å². The molecule has 0 radical (unpaired) electrons. The number of hydrogen-bond acceptors (Lipinski definition) is 10. The van der Waals surface area contributed by atoms with Crippen LogP contribution in [0.1, 0.15) is 63.4 Å². The van der Waals surface area contributed by atoms with Crippen LogP contribution >= 0.6 is 0 Å². The summed E-state index contributed by atoms with van der Waals surface area (Å²) in [7, 11) is -3.93. The second-order valence-electron chi connectivity index (χ2n) is 14.9. The number of alkyl halides is 3. The van der Waals surface area contributed by atoms with Gasteiger partial charge >= 0.3 is 6.18 Å². The maximum atomic E-state index is 14.2. The second kappa shape index (κ2) is 15.6. The molecule has 3 amide bonds. The lowest BCUT2D eigenvalue weighted by molar-refractivity contribution is -0.140. The van der Waals surface area contributed by atoms with Gasteiger partial charge in [-0.05, 0) is 62.8 Å². The third-order valence-electron chi connectivity index (χ3n) is 10.8. The van der Waals surface area contributed by atoms with Crippen molar-refractivity contribution < 1.29 is 45.1 Å². The third-order valence-corrected chi connectivity index (χ3v) is 12.6. The number of ether oxygens (including phenoxy) is 1. The van der Waals surface area contributed by atoms with Crippen LogP contribution in [0.25, 0.3) is 33.5 Å². The van der Waals surface area contributed by atoms with Gasteiger partial charge in [0.15, 0.2) is 5.82 Å². The van der Waals surface area contributed by atoms with Crippen molar-refractivity contribution in [3.63, 3.8) is 0 Å². The van der Waals surface area contributed by atoms with E-state index in [2.05, 4.69) is 33.2 Å². The summed E-state index contributed by atoms with van der Waals surface area (Å²) in [5.74, 6) is -2.68. The summed E-state index contributed by atoms with van der Waals surface area (Å²) in [5.41, 5.74) is 5.18. The second-order valence-corrected chi connectivity index (χ2v) is 16.9. The summed E-state index contributed by atoms with van der Waals surface area (Å²) in [6.07, 6.45) is 2.25. The number of sulfonamides is 1. The molecule has 17 heteroatoms. The van der Waals surface area contributed by atoms with Crippen LogP contribution in [0, 0.1) is 5.92 Å². The van der Waals surface area contributed by atoms with E-state index in [0.29, 0.717) is 42.2 Å². The maximum absolute atomic E-state index is 14.2. The number of carbonyl (C=O) groups is 3. The first-order chi connectivity index (χ1) is 27.1. The van der Waals surface area contributed by atoms with Crippen molar-refractivity contribution in [3.05, 3.63) is 79.4 Å². The molecular weight excluding hydrogens is 766 g/mol. The number of nitrogens with zero attached hydrogens (tertiary/aromatic N) is 3. The summed E-state index contributed by atoms with van der Waals surface area (Å²) >= 11 is 0. The van der Waals surface area contributed by atoms with Gasteiger partial charge in [-0.25, -0.2) is 13.4 Å². The number of benzene rings is 2. The van der Waals surface area contributed by atoms with Gasteiger partial charge in [0, 0.05) is 23.3 Å². The van der Waals surface area contributed by atoms with Crippen molar-refractivity contribution in [2.45, 2.75) is 92.9 Å². The average Bonchev–Trinajstić information content (AvgIpc) is 4.09. The lowest BCUT2D eigenvalue weighted by atomic mass is 10.1. The topological polar surface area (TPSA) is 187 Å². The predicted octanol–water partition coefficient (Wildman–Crippen LogP) is 5.54. The fourth-order valence-electron chi connectivity index (χ4n) is 7.30. The SMILES string of the molecule is C=CCCCCC[C@H](N)C(=O)N1C[C@H](Oc2nc(-c3ccc(C(F)(F)F)cc3)nc3c2oc2ccccc23)C[C@H]1C(=O)N[C@]1(C(=O)NS(=O)(=O)C2CC2)C[C@H]1C=C. The minimum atomic E-state index is -4.55. The van der Waals surface area contributed by atoms with E-state index in [-0.39, 0.29) is 42.2 Å². The van der Waals surface area contributed by atoms with Gasteiger partial charge in [0.1, 0.15) is 28.8 Å². The van der Waals surface area contributed by atoms with E-state index in [1.54, 1.807) is 24.3 Å². The lowest BCUT2D eigenvalue weighted by Crippen LogP contribution is -2.57. The average molecular weight is 809 g/mol. The van der Waals surface area contributed by atoms with E-state index in [9.17, 15) is 36.0 Å². The molecule has 0 unspecified atom stereocenters. The monoisotopic (exact) mass is 808 g/mol. The van der Waals surface area contributed by atoms with Crippen LogP contribution in [0.15, 0.2) is 78.3 Å². The van der Waals surface area contributed by atoms with Crippen LogP contribution < -0.4 is 20.5 Å². The summed E-state index contributed by atoms with van der Waals surface area (Å²) in [5, 5.41) is 2.68. The number of allylic oxidation sites excluding steroid dienone is 1. The van der Waals surface area contributed by atoms with Crippen molar-refractivity contribution in [1.82, 2.24) is 24.9 Å². The Morgan fingerprint density at radius 1 is 1.07 bits per heavy atom. The zero-order valence-corrected chi connectivity index (χ0v) is 31.8. The molecule has 2 aliphatic carbocycles. The minimum Gasteiger partial charge on any atom is -0.470 e. The molecule has 4 aromatic rings. The number of carbonyl (C=O) groups excluding carboxylic acids is 3. The number of nitrogens with two attached hydrogens (primary N) is 1. The van der Waals surface area contributed by atoms with Gasteiger partial charge in [0.25, 0.3) is 11.8 Å².